The fraction of sp³-hybridized carbons (Fsp3) is 0. The predicted molar refractivity (Wildman–Crippen MR) is 140 cm³/mol. The summed E-state index contributed by atoms with van der Waals surface area (Å²) in [6.07, 6.45) is 3.64. The van der Waals surface area contributed by atoms with Gasteiger partial charge in [-0.3, -0.25) is 0 Å². The molecular formula is C32H20N2. The molecule has 158 valence electrons. The SMILES string of the molecule is c1ccc(-c2cc(-c3ccnnc3)c(-c3ccccc3)c3c2-c2cccc4cccc-3c24)cc1. The second-order valence-electron chi connectivity index (χ2n) is 8.67. The maximum atomic E-state index is 4.22. The molecule has 0 atom stereocenters. The average molecular weight is 433 g/mol. The van der Waals surface area contributed by atoms with E-state index in [0.29, 0.717) is 0 Å². The van der Waals surface area contributed by atoms with E-state index in [0.717, 1.165) is 5.56 Å². The molecule has 0 amide bonds. The molecule has 0 aliphatic heterocycles. The molecule has 7 rings (SSSR count). The topological polar surface area (TPSA) is 25.8 Å². The molecule has 0 unspecified atom stereocenters. The lowest BCUT2D eigenvalue weighted by atomic mass is 9.83. The zero-order chi connectivity index (χ0) is 22.5. The van der Waals surface area contributed by atoms with Crippen LogP contribution in [0.1, 0.15) is 0 Å². The van der Waals surface area contributed by atoms with Crippen LogP contribution in [0.3, 0.4) is 0 Å². The lowest BCUT2D eigenvalue weighted by molar-refractivity contribution is 1.03. The molecule has 1 aliphatic rings. The molecule has 0 saturated carbocycles. The number of rotatable bonds is 3. The summed E-state index contributed by atoms with van der Waals surface area (Å²) in [5.41, 5.74) is 12.3. The Kier molecular flexibility index (Phi) is 4.18. The first-order valence-electron chi connectivity index (χ1n) is 11.5. The first-order chi connectivity index (χ1) is 16.9. The van der Waals surface area contributed by atoms with Gasteiger partial charge in [0.2, 0.25) is 0 Å². The highest BCUT2D eigenvalue weighted by molar-refractivity contribution is 6.22. The van der Waals surface area contributed by atoms with Gasteiger partial charge in [0.15, 0.2) is 0 Å². The molecule has 34 heavy (non-hydrogen) atoms. The second kappa shape index (κ2) is 7.50. The van der Waals surface area contributed by atoms with Crippen molar-refractivity contribution in [3.8, 4) is 55.6 Å². The van der Waals surface area contributed by atoms with E-state index < -0.39 is 0 Å². The van der Waals surface area contributed by atoms with Crippen molar-refractivity contribution in [3.63, 3.8) is 0 Å². The third kappa shape index (κ3) is 2.76. The summed E-state index contributed by atoms with van der Waals surface area (Å²) in [4.78, 5) is 0. The standard InChI is InChI=1S/C32H20N2/c1-3-9-21(10-4-1)27-19-28(24-17-18-33-34-20-24)30(23-11-5-2-6-12-23)32-26-16-8-14-22-13-7-15-25(29(22)26)31(27)32/h1-20H. The quantitative estimate of drug-likeness (QED) is 0.281. The maximum Gasteiger partial charge on any atom is 0.0574 e. The summed E-state index contributed by atoms with van der Waals surface area (Å²) in [6, 6.07) is 39.2. The van der Waals surface area contributed by atoms with Crippen molar-refractivity contribution in [1.29, 1.82) is 0 Å². The minimum atomic E-state index is 1.07. The first-order valence-corrected chi connectivity index (χ1v) is 11.5. The molecule has 0 saturated heterocycles. The number of hydrogen-bond donors (Lipinski definition) is 0. The van der Waals surface area contributed by atoms with Crippen molar-refractivity contribution in [2.24, 2.45) is 0 Å². The minimum Gasteiger partial charge on any atom is -0.159 e. The molecule has 5 aromatic carbocycles. The summed E-state index contributed by atoms with van der Waals surface area (Å²) in [5, 5.41) is 10.9. The number of benzene rings is 5. The van der Waals surface area contributed by atoms with Gasteiger partial charge in [-0.1, -0.05) is 97.1 Å². The number of nitrogens with zero attached hydrogens (tertiary/aromatic N) is 2. The van der Waals surface area contributed by atoms with Crippen LogP contribution >= 0.6 is 0 Å². The molecule has 0 spiro atoms. The Labute approximate surface area is 198 Å². The lowest BCUT2D eigenvalue weighted by Gasteiger charge is -2.20. The Morgan fingerprint density at radius 1 is 0.412 bits per heavy atom. The maximum absolute atomic E-state index is 4.22. The van der Waals surface area contributed by atoms with Crippen molar-refractivity contribution in [2.45, 2.75) is 0 Å². The van der Waals surface area contributed by atoms with Gasteiger partial charge in [-0.2, -0.15) is 10.2 Å². The van der Waals surface area contributed by atoms with E-state index in [9.17, 15) is 0 Å². The lowest BCUT2D eigenvalue weighted by Crippen LogP contribution is -1.95. The molecular weight excluding hydrogens is 412 g/mol. The van der Waals surface area contributed by atoms with Crippen LogP contribution in [0.25, 0.3) is 66.4 Å². The van der Waals surface area contributed by atoms with E-state index in [1.165, 1.54) is 60.8 Å². The van der Waals surface area contributed by atoms with Crippen molar-refractivity contribution in [2.75, 3.05) is 0 Å². The van der Waals surface area contributed by atoms with Gasteiger partial charge < -0.3 is 0 Å². The molecule has 0 bridgehead atoms. The van der Waals surface area contributed by atoms with E-state index >= 15 is 0 Å². The van der Waals surface area contributed by atoms with E-state index in [2.05, 4.69) is 119 Å². The van der Waals surface area contributed by atoms with Gasteiger partial charge in [-0.25, -0.2) is 0 Å². The number of fused-ring (bicyclic) bond motifs is 3. The summed E-state index contributed by atoms with van der Waals surface area (Å²) >= 11 is 0. The molecule has 0 N–H and O–H groups in total. The molecule has 6 aromatic rings. The fourth-order valence-corrected chi connectivity index (χ4v) is 5.42. The molecule has 0 fully saturated rings. The van der Waals surface area contributed by atoms with Crippen molar-refractivity contribution in [3.05, 3.63) is 122 Å². The first kappa shape index (κ1) is 19.0. The molecule has 1 aromatic heterocycles. The largest absolute Gasteiger partial charge is 0.159 e. The third-order valence-corrected chi connectivity index (χ3v) is 6.81. The van der Waals surface area contributed by atoms with Gasteiger partial charge in [-0.05, 0) is 73.0 Å². The highest BCUT2D eigenvalue weighted by atomic mass is 15.1. The number of aromatic nitrogens is 2. The second-order valence-corrected chi connectivity index (χ2v) is 8.67. The smallest absolute Gasteiger partial charge is 0.0574 e. The van der Waals surface area contributed by atoms with Crippen molar-refractivity contribution < 1.29 is 0 Å². The van der Waals surface area contributed by atoms with Crippen LogP contribution in [0.4, 0.5) is 0 Å². The Hall–Kier alpha value is -4.56. The van der Waals surface area contributed by atoms with Gasteiger partial charge in [-0.15, -0.1) is 0 Å². The molecule has 2 heteroatoms. The zero-order valence-electron chi connectivity index (χ0n) is 18.4. The highest BCUT2D eigenvalue weighted by Crippen LogP contribution is 2.56. The van der Waals surface area contributed by atoms with Crippen LogP contribution in [-0.2, 0) is 0 Å². The third-order valence-electron chi connectivity index (χ3n) is 6.81. The average Bonchev–Trinajstić information content (AvgIpc) is 3.26. The van der Waals surface area contributed by atoms with Crippen molar-refractivity contribution in [1.82, 2.24) is 10.2 Å². The highest BCUT2D eigenvalue weighted by Gasteiger charge is 2.29. The summed E-state index contributed by atoms with van der Waals surface area (Å²) in [7, 11) is 0. The molecule has 1 heterocycles. The fourth-order valence-electron chi connectivity index (χ4n) is 5.42. The Balaban J connectivity index is 1.71. The number of hydrogen-bond acceptors (Lipinski definition) is 2. The van der Waals surface area contributed by atoms with Crippen LogP contribution in [0, 0.1) is 0 Å². The van der Waals surface area contributed by atoms with Crippen LogP contribution in [0.15, 0.2) is 122 Å². The molecule has 1 aliphatic carbocycles. The van der Waals surface area contributed by atoms with E-state index in [4.69, 9.17) is 0 Å². The van der Waals surface area contributed by atoms with E-state index in [1.807, 2.05) is 6.20 Å². The van der Waals surface area contributed by atoms with Crippen LogP contribution in [0.2, 0.25) is 0 Å². The zero-order valence-corrected chi connectivity index (χ0v) is 18.4. The van der Waals surface area contributed by atoms with E-state index in [1.54, 1.807) is 6.20 Å². The van der Waals surface area contributed by atoms with Gasteiger partial charge in [0.25, 0.3) is 0 Å². The Morgan fingerprint density at radius 2 is 1.06 bits per heavy atom. The van der Waals surface area contributed by atoms with Crippen LogP contribution < -0.4 is 0 Å². The monoisotopic (exact) mass is 432 g/mol. The summed E-state index contributed by atoms with van der Waals surface area (Å²) < 4.78 is 0. The Bertz CT molecular complexity index is 1670. The van der Waals surface area contributed by atoms with Crippen molar-refractivity contribution >= 4 is 10.8 Å². The van der Waals surface area contributed by atoms with Gasteiger partial charge in [0.1, 0.15) is 0 Å². The normalized spacial score (nSPS) is 11.5. The summed E-state index contributed by atoms with van der Waals surface area (Å²) in [5.74, 6) is 0. The molecule has 0 radical (unpaired) electrons. The van der Waals surface area contributed by atoms with Gasteiger partial charge >= 0.3 is 0 Å². The Morgan fingerprint density at radius 3 is 1.74 bits per heavy atom. The summed E-state index contributed by atoms with van der Waals surface area (Å²) in [6.45, 7) is 0. The van der Waals surface area contributed by atoms with Gasteiger partial charge in [0, 0.05) is 5.56 Å². The predicted octanol–water partition coefficient (Wildman–Crippen LogP) is 8.28. The van der Waals surface area contributed by atoms with Crippen LogP contribution in [0.5, 0.6) is 0 Å². The van der Waals surface area contributed by atoms with E-state index in [-0.39, 0.29) is 0 Å². The molecule has 2 nitrogen and oxygen atoms in total. The minimum absolute atomic E-state index is 1.07. The van der Waals surface area contributed by atoms with Crippen LogP contribution in [-0.4, -0.2) is 10.2 Å². The van der Waals surface area contributed by atoms with Gasteiger partial charge in [0.05, 0.1) is 12.4 Å².